The predicted molar refractivity (Wildman–Crippen MR) is 71.0 cm³/mol. The number of benzene rings is 1. The number of alkyl carbamates (subject to hydrolysis) is 1. The summed E-state index contributed by atoms with van der Waals surface area (Å²) in [6.45, 7) is 0.198. The first-order valence-corrected chi connectivity index (χ1v) is 6.81. The molecule has 0 saturated heterocycles. The van der Waals surface area contributed by atoms with E-state index in [1.165, 1.54) is 0 Å². The summed E-state index contributed by atoms with van der Waals surface area (Å²) in [4.78, 5) is 23.1. The summed E-state index contributed by atoms with van der Waals surface area (Å²) in [6.07, 6.45) is 1.64. The molecule has 1 aromatic rings. The van der Waals surface area contributed by atoms with Gasteiger partial charge >= 0.3 is 12.1 Å². The molecule has 2 bridgehead atoms. The molecule has 20 heavy (non-hydrogen) atoms. The van der Waals surface area contributed by atoms with Gasteiger partial charge in [0, 0.05) is 0 Å². The highest BCUT2D eigenvalue weighted by atomic mass is 16.5. The number of nitrogens with one attached hydrogen (secondary N) is 1. The SMILES string of the molecule is O=C(NC12CC(CC1C(=O)O)C2)OCc1ccccc1. The van der Waals surface area contributed by atoms with Crippen LogP contribution in [-0.2, 0) is 16.1 Å². The molecule has 1 unspecified atom stereocenters. The third kappa shape index (κ3) is 2.24. The number of fused-ring (bicyclic) bond motifs is 1. The molecule has 4 rings (SSSR count). The van der Waals surface area contributed by atoms with E-state index in [4.69, 9.17) is 4.74 Å². The lowest BCUT2D eigenvalue weighted by atomic mass is 9.74. The number of carbonyl (C=O) groups excluding carboxylic acids is 1. The molecule has 3 aliphatic rings. The molecule has 1 atom stereocenters. The Labute approximate surface area is 116 Å². The van der Waals surface area contributed by atoms with Crippen LogP contribution in [-0.4, -0.2) is 22.7 Å². The van der Waals surface area contributed by atoms with Crippen LogP contribution in [0.4, 0.5) is 4.79 Å². The summed E-state index contributed by atoms with van der Waals surface area (Å²) < 4.78 is 5.16. The number of carboxylic acid groups (broad SMARTS) is 1. The second-order valence-corrected chi connectivity index (χ2v) is 5.74. The van der Waals surface area contributed by atoms with Crippen LogP contribution in [0.25, 0.3) is 0 Å². The van der Waals surface area contributed by atoms with Gasteiger partial charge in [0.1, 0.15) is 6.61 Å². The first kappa shape index (κ1) is 13.0. The molecule has 5 nitrogen and oxygen atoms in total. The number of carboxylic acids is 1. The van der Waals surface area contributed by atoms with Crippen molar-refractivity contribution >= 4 is 12.1 Å². The maximum absolute atomic E-state index is 11.8. The smallest absolute Gasteiger partial charge is 0.407 e. The highest BCUT2D eigenvalue weighted by molar-refractivity contribution is 5.76. The average molecular weight is 275 g/mol. The Morgan fingerprint density at radius 1 is 1.30 bits per heavy atom. The Morgan fingerprint density at radius 3 is 2.65 bits per heavy atom. The van der Waals surface area contributed by atoms with E-state index < -0.39 is 23.5 Å². The Balaban J connectivity index is 1.56. The average Bonchev–Trinajstić information content (AvgIpc) is 2.92. The minimum atomic E-state index is -0.826. The summed E-state index contributed by atoms with van der Waals surface area (Å²) in [7, 11) is 0. The number of aliphatic carboxylic acids is 1. The van der Waals surface area contributed by atoms with E-state index in [0.29, 0.717) is 12.3 Å². The normalized spacial score (nSPS) is 30.4. The predicted octanol–water partition coefficient (Wildman–Crippen LogP) is 2.17. The first-order valence-electron chi connectivity index (χ1n) is 6.81. The van der Waals surface area contributed by atoms with Crippen molar-refractivity contribution in [3.8, 4) is 0 Å². The van der Waals surface area contributed by atoms with Crippen molar-refractivity contribution in [3.63, 3.8) is 0 Å². The monoisotopic (exact) mass is 275 g/mol. The Morgan fingerprint density at radius 2 is 2.00 bits per heavy atom. The fraction of sp³-hybridized carbons (Fsp3) is 0.467. The van der Waals surface area contributed by atoms with Gasteiger partial charge in [-0.3, -0.25) is 4.79 Å². The minimum Gasteiger partial charge on any atom is -0.481 e. The highest BCUT2D eigenvalue weighted by Gasteiger charge is 2.61. The number of ether oxygens (including phenoxy) is 1. The number of rotatable bonds is 4. The third-order valence-corrected chi connectivity index (χ3v) is 4.40. The molecule has 0 spiro atoms. The zero-order chi connectivity index (χ0) is 14.2. The summed E-state index contributed by atoms with van der Waals surface area (Å²) in [5.41, 5.74) is 0.331. The number of amides is 1. The molecule has 3 fully saturated rings. The van der Waals surface area contributed by atoms with Crippen LogP contribution >= 0.6 is 0 Å². The number of hydrogen-bond donors (Lipinski definition) is 2. The van der Waals surface area contributed by atoms with Gasteiger partial charge in [0.25, 0.3) is 0 Å². The highest BCUT2D eigenvalue weighted by Crippen LogP contribution is 2.55. The van der Waals surface area contributed by atoms with E-state index in [1.807, 2.05) is 30.3 Å². The number of carbonyl (C=O) groups is 2. The van der Waals surface area contributed by atoms with Crippen molar-refractivity contribution in [2.45, 2.75) is 31.4 Å². The molecule has 0 aliphatic heterocycles. The van der Waals surface area contributed by atoms with E-state index in [9.17, 15) is 14.7 Å². The van der Waals surface area contributed by atoms with E-state index in [2.05, 4.69) is 5.32 Å². The summed E-state index contributed by atoms with van der Waals surface area (Å²) >= 11 is 0. The molecule has 3 aliphatic carbocycles. The van der Waals surface area contributed by atoms with Gasteiger partial charge < -0.3 is 15.2 Å². The van der Waals surface area contributed by atoms with Crippen LogP contribution in [0.2, 0.25) is 0 Å². The zero-order valence-corrected chi connectivity index (χ0v) is 11.0. The fourth-order valence-corrected chi connectivity index (χ4v) is 3.47. The lowest BCUT2D eigenvalue weighted by Crippen LogP contribution is -2.56. The van der Waals surface area contributed by atoms with Gasteiger partial charge in [-0.2, -0.15) is 0 Å². The molecular weight excluding hydrogens is 258 g/mol. The molecule has 0 heterocycles. The molecule has 5 heteroatoms. The molecule has 2 N–H and O–H groups in total. The molecule has 3 saturated carbocycles. The van der Waals surface area contributed by atoms with Crippen LogP contribution < -0.4 is 5.32 Å². The Hall–Kier alpha value is -2.04. The Kier molecular flexibility index (Phi) is 3.12. The first-order chi connectivity index (χ1) is 9.59. The maximum atomic E-state index is 11.8. The van der Waals surface area contributed by atoms with Gasteiger partial charge in [-0.05, 0) is 30.7 Å². The van der Waals surface area contributed by atoms with Crippen molar-refractivity contribution in [1.82, 2.24) is 5.32 Å². The van der Waals surface area contributed by atoms with Crippen LogP contribution in [0.5, 0.6) is 0 Å². The summed E-state index contributed by atoms with van der Waals surface area (Å²) in [5, 5.41) is 12.0. The van der Waals surface area contributed by atoms with Gasteiger partial charge in [0.15, 0.2) is 0 Å². The Bertz CT molecular complexity index is 522. The second-order valence-electron chi connectivity index (χ2n) is 5.74. The van der Waals surface area contributed by atoms with Crippen LogP contribution in [0, 0.1) is 11.8 Å². The van der Waals surface area contributed by atoms with Crippen molar-refractivity contribution in [3.05, 3.63) is 35.9 Å². The molecule has 0 radical (unpaired) electrons. The van der Waals surface area contributed by atoms with Gasteiger partial charge in [-0.25, -0.2) is 4.79 Å². The van der Waals surface area contributed by atoms with Crippen LogP contribution in [0.15, 0.2) is 30.3 Å². The molecule has 0 aromatic heterocycles. The fourth-order valence-electron chi connectivity index (χ4n) is 3.47. The van der Waals surface area contributed by atoms with E-state index in [-0.39, 0.29) is 6.61 Å². The molecule has 106 valence electrons. The quantitative estimate of drug-likeness (QED) is 0.883. The molecule has 1 amide bonds. The third-order valence-electron chi connectivity index (χ3n) is 4.40. The maximum Gasteiger partial charge on any atom is 0.407 e. The van der Waals surface area contributed by atoms with Crippen molar-refractivity contribution in [2.75, 3.05) is 0 Å². The van der Waals surface area contributed by atoms with Gasteiger partial charge in [0.05, 0.1) is 11.5 Å². The van der Waals surface area contributed by atoms with Crippen LogP contribution in [0.1, 0.15) is 24.8 Å². The topological polar surface area (TPSA) is 75.6 Å². The lowest BCUT2D eigenvalue weighted by Gasteiger charge is -2.40. The summed E-state index contributed by atoms with van der Waals surface area (Å²) in [6, 6.07) is 9.40. The van der Waals surface area contributed by atoms with Gasteiger partial charge in [0.2, 0.25) is 0 Å². The standard InChI is InChI=1S/C15H17NO4/c17-13(18)12-6-11-7-15(12,8-11)16-14(19)20-9-10-4-2-1-3-5-10/h1-5,11-12H,6-9H2,(H,16,19)(H,17,18). The number of hydrogen-bond acceptors (Lipinski definition) is 3. The van der Waals surface area contributed by atoms with Crippen LogP contribution in [0.3, 0.4) is 0 Å². The second kappa shape index (κ2) is 4.81. The zero-order valence-electron chi connectivity index (χ0n) is 11.0. The summed E-state index contributed by atoms with van der Waals surface area (Å²) in [5.74, 6) is -0.865. The van der Waals surface area contributed by atoms with Crippen molar-refractivity contribution < 1.29 is 19.4 Å². The van der Waals surface area contributed by atoms with Crippen molar-refractivity contribution in [1.29, 1.82) is 0 Å². The van der Waals surface area contributed by atoms with E-state index in [1.54, 1.807) is 0 Å². The largest absolute Gasteiger partial charge is 0.481 e. The lowest BCUT2D eigenvalue weighted by molar-refractivity contribution is -0.143. The van der Waals surface area contributed by atoms with E-state index >= 15 is 0 Å². The minimum absolute atomic E-state index is 0.198. The van der Waals surface area contributed by atoms with Crippen molar-refractivity contribution in [2.24, 2.45) is 11.8 Å². The van der Waals surface area contributed by atoms with Gasteiger partial charge in [-0.15, -0.1) is 0 Å². The molecular formula is C15H17NO4. The van der Waals surface area contributed by atoms with E-state index in [0.717, 1.165) is 18.4 Å². The van der Waals surface area contributed by atoms with Gasteiger partial charge in [-0.1, -0.05) is 30.3 Å². The molecule has 1 aromatic carbocycles.